The number of phenols is 1. The number of amides is 16. The number of aliphatic hydroxyl groups is 1. The first-order chi connectivity index (χ1) is 64.1. The zero-order valence-corrected chi connectivity index (χ0v) is 76.0. The number of nitrogens with zero attached hydrogens (tertiary/aromatic N) is 5. The zero-order chi connectivity index (χ0) is 98.8. The number of primary amides is 2. The first-order valence-electron chi connectivity index (χ1n) is 44.0. The number of aromatic hydroxyl groups is 1. The molecule has 3 saturated heterocycles. The van der Waals surface area contributed by atoms with Crippen LogP contribution in [0, 0.1) is 23.4 Å². The van der Waals surface area contributed by atoms with Gasteiger partial charge in [-0.25, -0.2) is 13.2 Å². The number of benzene rings is 5. The third-order valence-electron chi connectivity index (χ3n) is 23.7. The number of aliphatic carboxylic acids is 2. The fourth-order valence-corrected chi connectivity index (χ4v) is 17.2. The highest BCUT2D eigenvalue weighted by Gasteiger charge is 2.48. The number of aromatic nitrogens is 1. The van der Waals surface area contributed by atoms with Gasteiger partial charge in [0.1, 0.15) is 84.3 Å². The van der Waals surface area contributed by atoms with Gasteiger partial charge in [0, 0.05) is 108 Å². The van der Waals surface area contributed by atoms with Crippen molar-refractivity contribution in [1.82, 2.24) is 77.3 Å². The van der Waals surface area contributed by atoms with Crippen molar-refractivity contribution in [1.29, 1.82) is 0 Å². The molecule has 0 saturated carbocycles. The van der Waals surface area contributed by atoms with Crippen LogP contribution in [0.1, 0.15) is 119 Å². The van der Waals surface area contributed by atoms with Crippen LogP contribution in [0.15, 0.2) is 128 Å². The van der Waals surface area contributed by atoms with E-state index in [1.54, 1.807) is 91.9 Å². The standard InChI is InChI=1S/C92H114F3N17O22S/c1-7-8-24-69-91(133)111-34-17-25-68(111)85(127)105-65(43-77(120)121)84(126)107-79(49(2)3)92(134)109(5)70(39-50-18-11-9-12-19-50)86(128)102-62(30-32-73(96)115)89(131)112-46-56(114)42-71(112)87(129)104-64(41-54-44-98-60-23-16-15-22-57(54)60)83(125)103-63(37-52-26-28-55(113)29-27-52)82(124)101-61(31-33-76(118)119)81(123)106-67(80(122)99-45-74(97)116)47-135-48-75(117)100-66(38-53-35-58(93)78(95)59(94)36-53)88(130)110(6)72(90(132)108(69)4)40-51-20-13-10-14-21-51/h9-16,18-23,26-29,35-36,44,49,56,61-72,79,98,113-114H,7-8,17,24-25,30-34,37-43,45-48H2,1-6H3,(H2,96,115)(H2,97,116)(H,99,122)(H,100,117)(H,101,124)(H,102,128)(H,103,125)(H,104,129)(H,105,127)(H,106,123)(H,107,126)(H,118,119)(H,120,121)/t56-,61+,62+,63+,64+,65+,66+,67+,68-,69+,70+,71+,72+,79+/m1/s1. The molecule has 16 amide bonds. The number of fused-ring (bicyclic) bond motifs is 3. The molecule has 5 aromatic carbocycles. The summed E-state index contributed by atoms with van der Waals surface area (Å²) in [6, 6.07) is 6.47. The van der Waals surface area contributed by atoms with E-state index in [-0.39, 0.29) is 56.4 Å². The molecule has 3 fully saturated rings. The fraction of sp³-hybridized carbons (Fsp3) is 0.457. The molecule has 43 heteroatoms. The molecular weight excluding hydrogens is 1780 g/mol. The van der Waals surface area contributed by atoms with Crippen LogP contribution in [0.2, 0.25) is 0 Å². The van der Waals surface area contributed by atoms with Crippen molar-refractivity contribution in [2.75, 3.05) is 52.3 Å². The lowest BCUT2D eigenvalue weighted by molar-refractivity contribution is -0.152. The number of hydrogen-bond acceptors (Lipinski definition) is 21. The summed E-state index contributed by atoms with van der Waals surface area (Å²) in [4.78, 5) is 270. The minimum Gasteiger partial charge on any atom is -0.508 e. The van der Waals surface area contributed by atoms with Gasteiger partial charge in [-0.15, -0.1) is 11.8 Å². The van der Waals surface area contributed by atoms with Crippen molar-refractivity contribution in [2.45, 2.75) is 208 Å². The van der Waals surface area contributed by atoms with E-state index in [4.69, 9.17) is 11.5 Å². The third-order valence-corrected chi connectivity index (χ3v) is 24.7. The molecule has 39 nitrogen and oxygen atoms in total. The van der Waals surface area contributed by atoms with Gasteiger partial charge < -0.3 is 109 Å². The largest absolute Gasteiger partial charge is 0.508 e. The van der Waals surface area contributed by atoms with E-state index in [0.717, 1.165) is 31.5 Å². The van der Waals surface area contributed by atoms with Gasteiger partial charge in [0.2, 0.25) is 94.5 Å². The molecule has 6 aromatic rings. The van der Waals surface area contributed by atoms with E-state index < -0.39 is 302 Å². The number of nitrogens with one attached hydrogen (secondary N) is 10. The normalized spacial score (nSPS) is 23.9. The molecule has 0 radical (unpaired) electrons. The van der Waals surface area contributed by atoms with E-state index in [1.165, 1.54) is 58.4 Å². The Balaban J connectivity index is 1.14. The topological polar surface area (TPSA) is 580 Å². The Hall–Kier alpha value is -14.0. The van der Waals surface area contributed by atoms with E-state index in [9.17, 15) is 68.0 Å². The quantitative estimate of drug-likeness (QED) is 0.0333. The average molecular weight is 1900 g/mol. The number of halogens is 3. The van der Waals surface area contributed by atoms with Crippen molar-refractivity contribution in [3.05, 3.63) is 173 Å². The zero-order valence-electron chi connectivity index (χ0n) is 75.2. The molecule has 1 aromatic heterocycles. The van der Waals surface area contributed by atoms with Gasteiger partial charge in [0.15, 0.2) is 17.5 Å². The first-order valence-corrected chi connectivity index (χ1v) is 45.2. The molecule has 3 aliphatic heterocycles. The predicted octanol–water partition coefficient (Wildman–Crippen LogP) is -0.0842. The van der Waals surface area contributed by atoms with Crippen LogP contribution in [-0.4, -0.2) is 293 Å². The molecule has 4 heterocycles. The maximum atomic E-state index is 15.7. The Kier molecular flexibility index (Phi) is 38.1. The highest BCUT2D eigenvalue weighted by molar-refractivity contribution is 8.00. The SMILES string of the molecule is CCCC[C@H]1C(=O)N2CCC[C@@H]2C(=O)N[C@@H](CC(=O)O)C(=O)N[C@@H](C(C)C)C(=O)N(C)[C@@H](Cc2ccccc2)C(=O)N[C@@H](CCC(N)=O)C(=O)N2C[C@H](O)C[C@H]2C(=O)N[C@@H](Cc2c[nH]c3ccccc23)C(=O)N[C@@H](Cc2ccc(O)cc2)C(=O)N[C@@H](CCC(=O)O)C(=O)N[C@H](C(=O)NCC(N)=O)CSCC(=O)N[C@@H](Cc2cc(F)c(F)c(F)c2)C(=O)N(C)[C@@H](Cc2ccccc2)C(=O)N1C. The highest BCUT2D eigenvalue weighted by atomic mass is 32.2. The van der Waals surface area contributed by atoms with E-state index in [1.807, 2.05) is 0 Å². The van der Waals surface area contributed by atoms with Crippen molar-refractivity contribution in [3.63, 3.8) is 0 Å². The summed E-state index contributed by atoms with van der Waals surface area (Å²) in [5.74, 6) is -28.4. The van der Waals surface area contributed by atoms with Crippen LogP contribution in [0.3, 0.4) is 0 Å². The second-order valence-electron chi connectivity index (χ2n) is 34.0. The summed E-state index contributed by atoms with van der Waals surface area (Å²) in [5.41, 5.74) is 12.7. The number of thioether (sulfide) groups is 1. The van der Waals surface area contributed by atoms with Crippen molar-refractivity contribution >= 4 is 129 Å². The molecule has 9 rings (SSSR count). The number of carboxylic acid groups (broad SMARTS) is 2. The molecule has 135 heavy (non-hydrogen) atoms. The number of hydrogen-bond donors (Lipinski definition) is 16. The van der Waals surface area contributed by atoms with Gasteiger partial charge in [-0.05, 0) is 96.2 Å². The number of likely N-dealkylation sites (N-methyl/N-ethyl adjacent to an activating group) is 3. The molecule has 14 atom stereocenters. The van der Waals surface area contributed by atoms with E-state index >= 15 is 51.9 Å². The van der Waals surface area contributed by atoms with Crippen LogP contribution in [0.25, 0.3) is 10.9 Å². The number of phenolic OH excluding ortho intramolecular Hbond substituents is 1. The minimum absolute atomic E-state index is 0.0771. The van der Waals surface area contributed by atoms with Gasteiger partial charge >= 0.3 is 11.9 Å². The van der Waals surface area contributed by atoms with Gasteiger partial charge in [-0.1, -0.05) is 125 Å². The smallest absolute Gasteiger partial charge is 0.305 e. The summed E-state index contributed by atoms with van der Waals surface area (Å²) >= 11 is 0.570. The summed E-state index contributed by atoms with van der Waals surface area (Å²) < 4.78 is 45.1. The minimum atomic E-state index is -1.99. The molecular formula is C92H114F3N17O22S. The Morgan fingerprint density at radius 3 is 1.67 bits per heavy atom. The third kappa shape index (κ3) is 29.3. The van der Waals surface area contributed by atoms with Crippen molar-refractivity contribution in [3.8, 4) is 5.75 Å². The highest BCUT2D eigenvalue weighted by Crippen LogP contribution is 2.29. The number of para-hydroxylation sites is 1. The van der Waals surface area contributed by atoms with Gasteiger partial charge in [0.25, 0.3) is 0 Å². The number of aromatic amines is 1. The number of aliphatic hydroxyl groups excluding tert-OH is 1. The maximum Gasteiger partial charge on any atom is 0.305 e. The van der Waals surface area contributed by atoms with Crippen LogP contribution in [0.4, 0.5) is 13.2 Å². The first kappa shape index (κ1) is 105. The van der Waals surface area contributed by atoms with Crippen LogP contribution in [-0.2, 0) is 118 Å². The molecule has 0 spiro atoms. The Morgan fingerprint density at radius 1 is 0.519 bits per heavy atom. The van der Waals surface area contributed by atoms with Gasteiger partial charge in [-0.2, -0.15) is 0 Å². The van der Waals surface area contributed by atoms with E-state index in [2.05, 4.69) is 52.8 Å². The maximum absolute atomic E-state index is 15.7. The van der Waals surface area contributed by atoms with Crippen molar-refractivity contribution < 1.29 is 120 Å². The molecule has 0 bridgehead atoms. The lowest BCUT2D eigenvalue weighted by Crippen LogP contribution is -2.62. The number of rotatable bonds is 25. The number of carbonyl (C=O) groups excluding carboxylic acids is 16. The van der Waals surface area contributed by atoms with Gasteiger partial charge in [0.05, 0.1) is 24.8 Å². The number of H-pyrrole nitrogens is 1. The Labute approximate surface area is 779 Å². The predicted molar refractivity (Wildman–Crippen MR) is 482 cm³/mol. The molecule has 3 aliphatic rings. The number of unbranched alkanes of at least 4 members (excludes halogenated alkanes) is 1. The van der Waals surface area contributed by atoms with E-state index in [0.29, 0.717) is 57.9 Å². The second kappa shape index (κ2) is 49.1. The van der Waals surface area contributed by atoms with Gasteiger partial charge in [-0.3, -0.25) is 86.3 Å². The lowest BCUT2D eigenvalue weighted by atomic mass is 9.98. The van der Waals surface area contributed by atoms with Crippen molar-refractivity contribution in [2.24, 2.45) is 17.4 Å². The number of carboxylic acids is 2. The molecule has 18 N–H and O–H groups in total. The number of carbonyl (C=O) groups is 18. The average Bonchev–Trinajstić information content (AvgIpc) is 1.77. The summed E-state index contributed by atoms with van der Waals surface area (Å²) in [6.45, 7) is 3.18. The summed E-state index contributed by atoms with van der Waals surface area (Å²) in [5, 5.41) is 65.3. The fourth-order valence-electron chi connectivity index (χ4n) is 16.3. The molecule has 0 aliphatic carbocycles. The second-order valence-corrected chi connectivity index (χ2v) is 35.0. The van der Waals surface area contributed by atoms with Crippen LogP contribution >= 0.6 is 11.8 Å². The summed E-state index contributed by atoms with van der Waals surface area (Å²) in [7, 11) is 3.61. The van der Waals surface area contributed by atoms with Crippen LogP contribution < -0.4 is 59.3 Å². The lowest BCUT2D eigenvalue weighted by Gasteiger charge is -2.38. The molecule has 0 unspecified atom stereocenters. The monoisotopic (exact) mass is 1900 g/mol. The Morgan fingerprint density at radius 2 is 1.06 bits per heavy atom. The number of nitrogens with two attached hydrogens (primary N) is 2. The summed E-state index contributed by atoms with van der Waals surface area (Å²) in [6.07, 6.45) is -6.11. The Bertz CT molecular complexity index is 5310. The molecule has 726 valence electrons. The van der Waals surface area contributed by atoms with Crippen LogP contribution in [0.5, 0.6) is 5.75 Å².